The third kappa shape index (κ3) is 1.84. The molecular formula is C11H16O. The van der Waals surface area contributed by atoms with Crippen LogP contribution in [0.3, 0.4) is 0 Å². The molecule has 0 aromatic rings. The summed E-state index contributed by atoms with van der Waals surface area (Å²) in [4.78, 5) is 11.3. The van der Waals surface area contributed by atoms with Crippen LogP contribution in [0.2, 0.25) is 0 Å². The lowest BCUT2D eigenvalue weighted by Gasteiger charge is -2.24. The molecule has 0 bridgehead atoms. The molecule has 0 radical (unpaired) electrons. The predicted molar refractivity (Wildman–Crippen MR) is 50.8 cm³/mol. The van der Waals surface area contributed by atoms with Crippen LogP contribution in [0.15, 0.2) is 24.3 Å². The standard InChI is InChI=1S/C11H16O/c1-4-5-10-6-9(3)11(12)7-8(10)2/h4,7,9-10H,1,5-6H2,2-3H3. The average Bonchev–Trinajstić information content (AvgIpc) is 2.01. The van der Waals surface area contributed by atoms with Crippen LogP contribution in [0, 0.1) is 11.8 Å². The van der Waals surface area contributed by atoms with E-state index in [4.69, 9.17) is 0 Å². The summed E-state index contributed by atoms with van der Waals surface area (Å²) >= 11 is 0. The van der Waals surface area contributed by atoms with Gasteiger partial charge in [0.15, 0.2) is 5.78 Å². The second-order valence-corrected chi connectivity index (χ2v) is 3.65. The van der Waals surface area contributed by atoms with Crippen molar-refractivity contribution in [3.63, 3.8) is 0 Å². The van der Waals surface area contributed by atoms with Gasteiger partial charge in [-0.1, -0.05) is 18.6 Å². The molecule has 1 rings (SSSR count). The third-order valence-electron chi connectivity index (χ3n) is 2.59. The van der Waals surface area contributed by atoms with Crippen LogP contribution in [-0.4, -0.2) is 5.78 Å². The Morgan fingerprint density at radius 1 is 1.75 bits per heavy atom. The fourth-order valence-electron chi connectivity index (χ4n) is 1.70. The highest BCUT2D eigenvalue weighted by atomic mass is 16.1. The molecule has 1 nitrogen and oxygen atoms in total. The quantitative estimate of drug-likeness (QED) is 0.573. The van der Waals surface area contributed by atoms with Crippen molar-refractivity contribution in [2.45, 2.75) is 26.7 Å². The molecule has 0 aliphatic heterocycles. The molecule has 12 heavy (non-hydrogen) atoms. The van der Waals surface area contributed by atoms with Crippen LogP contribution < -0.4 is 0 Å². The van der Waals surface area contributed by atoms with Crippen LogP contribution in [0.1, 0.15) is 26.7 Å². The molecule has 0 saturated carbocycles. The largest absolute Gasteiger partial charge is 0.295 e. The molecule has 66 valence electrons. The second-order valence-electron chi connectivity index (χ2n) is 3.65. The van der Waals surface area contributed by atoms with Crippen molar-refractivity contribution >= 4 is 5.78 Å². The van der Waals surface area contributed by atoms with Gasteiger partial charge in [0.05, 0.1) is 0 Å². The van der Waals surface area contributed by atoms with E-state index in [2.05, 4.69) is 6.58 Å². The van der Waals surface area contributed by atoms with Crippen molar-refractivity contribution in [1.82, 2.24) is 0 Å². The molecule has 0 heterocycles. The SMILES string of the molecule is C=CCC1CC(C)C(=O)C=C1C. The summed E-state index contributed by atoms with van der Waals surface area (Å²) in [5, 5.41) is 0. The molecule has 2 unspecified atom stereocenters. The summed E-state index contributed by atoms with van der Waals surface area (Å²) in [7, 11) is 0. The Hall–Kier alpha value is -0.850. The first-order chi connectivity index (χ1) is 5.65. The molecule has 2 atom stereocenters. The lowest BCUT2D eigenvalue weighted by Crippen LogP contribution is -2.20. The average molecular weight is 164 g/mol. The van der Waals surface area contributed by atoms with E-state index < -0.39 is 0 Å². The van der Waals surface area contributed by atoms with E-state index in [1.807, 2.05) is 19.9 Å². The zero-order chi connectivity index (χ0) is 9.14. The lowest BCUT2D eigenvalue weighted by molar-refractivity contribution is -0.118. The number of allylic oxidation sites excluding steroid dienone is 3. The maximum Gasteiger partial charge on any atom is 0.158 e. The molecule has 0 fully saturated rings. The number of carbonyl (C=O) groups is 1. The summed E-state index contributed by atoms with van der Waals surface area (Å²) in [6, 6.07) is 0. The summed E-state index contributed by atoms with van der Waals surface area (Å²) in [6.45, 7) is 7.76. The van der Waals surface area contributed by atoms with Gasteiger partial charge >= 0.3 is 0 Å². The number of hydrogen-bond acceptors (Lipinski definition) is 1. The van der Waals surface area contributed by atoms with Gasteiger partial charge in [-0.3, -0.25) is 4.79 Å². The summed E-state index contributed by atoms with van der Waals surface area (Å²) < 4.78 is 0. The molecule has 0 saturated heterocycles. The number of ketones is 1. The van der Waals surface area contributed by atoms with Gasteiger partial charge in [-0.05, 0) is 31.8 Å². The Morgan fingerprint density at radius 3 is 3.00 bits per heavy atom. The van der Waals surface area contributed by atoms with Crippen molar-refractivity contribution < 1.29 is 4.79 Å². The highest BCUT2D eigenvalue weighted by Crippen LogP contribution is 2.29. The van der Waals surface area contributed by atoms with Crippen LogP contribution in [-0.2, 0) is 4.79 Å². The highest BCUT2D eigenvalue weighted by Gasteiger charge is 2.23. The molecule has 0 N–H and O–H groups in total. The van der Waals surface area contributed by atoms with E-state index in [9.17, 15) is 4.79 Å². The van der Waals surface area contributed by atoms with Gasteiger partial charge in [0, 0.05) is 5.92 Å². The molecule has 0 spiro atoms. The van der Waals surface area contributed by atoms with Crippen LogP contribution >= 0.6 is 0 Å². The summed E-state index contributed by atoms with van der Waals surface area (Å²) in [6.07, 6.45) is 5.72. The van der Waals surface area contributed by atoms with E-state index >= 15 is 0 Å². The minimum atomic E-state index is 0.207. The molecule has 0 aromatic heterocycles. The van der Waals surface area contributed by atoms with Crippen LogP contribution in [0.25, 0.3) is 0 Å². The topological polar surface area (TPSA) is 17.1 Å². The first kappa shape index (κ1) is 9.24. The minimum absolute atomic E-state index is 0.207. The highest BCUT2D eigenvalue weighted by molar-refractivity contribution is 5.93. The van der Waals surface area contributed by atoms with E-state index in [1.54, 1.807) is 6.08 Å². The third-order valence-corrected chi connectivity index (χ3v) is 2.59. The van der Waals surface area contributed by atoms with Gasteiger partial charge in [0.2, 0.25) is 0 Å². The Bertz CT molecular complexity index is 225. The van der Waals surface area contributed by atoms with Crippen molar-refractivity contribution in [3.05, 3.63) is 24.3 Å². The normalized spacial score (nSPS) is 29.8. The molecular weight excluding hydrogens is 148 g/mol. The monoisotopic (exact) mass is 164 g/mol. The predicted octanol–water partition coefficient (Wildman–Crippen LogP) is 2.73. The van der Waals surface area contributed by atoms with Crippen molar-refractivity contribution in [3.8, 4) is 0 Å². The van der Waals surface area contributed by atoms with Crippen LogP contribution in [0.5, 0.6) is 0 Å². The fourth-order valence-corrected chi connectivity index (χ4v) is 1.70. The summed E-state index contributed by atoms with van der Waals surface area (Å²) in [5.41, 5.74) is 1.22. The Labute approximate surface area is 74.2 Å². The zero-order valence-corrected chi connectivity index (χ0v) is 7.84. The number of rotatable bonds is 2. The maximum atomic E-state index is 11.3. The fraction of sp³-hybridized carbons (Fsp3) is 0.545. The smallest absolute Gasteiger partial charge is 0.158 e. The molecule has 1 heteroatoms. The van der Waals surface area contributed by atoms with E-state index in [0.29, 0.717) is 5.92 Å². The first-order valence-electron chi connectivity index (χ1n) is 4.48. The molecule has 0 amide bonds. The van der Waals surface area contributed by atoms with Gasteiger partial charge in [-0.25, -0.2) is 0 Å². The molecule has 0 aromatic carbocycles. The minimum Gasteiger partial charge on any atom is -0.295 e. The van der Waals surface area contributed by atoms with E-state index in [0.717, 1.165) is 12.8 Å². The van der Waals surface area contributed by atoms with E-state index in [-0.39, 0.29) is 11.7 Å². The second kappa shape index (κ2) is 3.70. The number of carbonyl (C=O) groups excluding carboxylic acids is 1. The maximum absolute atomic E-state index is 11.3. The summed E-state index contributed by atoms with van der Waals surface area (Å²) in [5.74, 6) is 1.04. The van der Waals surface area contributed by atoms with Gasteiger partial charge in [-0.2, -0.15) is 0 Å². The van der Waals surface area contributed by atoms with Crippen molar-refractivity contribution in [1.29, 1.82) is 0 Å². The van der Waals surface area contributed by atoms with Gasteiger partial charge in [0.1, 0.15) is 0 Å². The number of hydrogen-bond donors (Lipinski definition) is 0. The molecule has 1 aliphatic rings. The first-order valence-corrected chi connectivity index (χ1v) is 4.48. The zero-order valence-electron chi connectivity index (χ0n) is 7.84. The lowest BCUT2D eigenvalue weighted by atomic mass is 9.80. The Kier molecular flexibility index (Phi) is 2.85. The van der Waals surface area contributed by atoms with E-state index in [1.165, 1.54) is 5.57 Å². The van der Waals surface area contributed by atoms with Gasteiger partial charge < -0.3 is 0 Å². The van der Waals surface area contributed by atoms with Crippen molar-refractivity contribution in [2.24, 2.45) is 11.8 Å². The van der Waals surface area contributed by atoms with Gasteiger partial charge in [-0.15, -0.1) is 6.58 Å². The Morgan fingerprint density at radius 2 is 2.42 bits per heavy atom. The van der Waals surface area contributed by atoms with Gasteiger partial charge in [0.25, 0.3) is 0 Å². The Balaban J connectivity index is 2.73. The van der Waals surface area contributed by atoms with Crippen LogP contribution in [0.4, 0.5) is 0 Å². The van der Waals surface area contributed by atoms with Crippen molar-refractivity contribution in [2.75, 3.05) is 0 Å². The molecule has 1 aliphatic carbocycles.